The van der Waals surface area contributed by atoms with Crippen LogP contribution < -0.4 is 5.73 Å². The Hall–Kier alpha value is -0.610. The minimum absolute atomic E-state index is 0.0656. The molecule has 0 bridgehead atoms. The van der Waals surface area contributed by atoms with E-state index in [0.717, 1.165) is 25.7 Å². The molecule has 0 fully saturated rings. The first-order valence-electron chi connectivity index (χ1n) is 6.90. The minimum atomic E-state index is -0.872. The van der Waals surface area contributed by atoms with E-state index < -0.39 is 11.0 Å². The third kappa shape index (κ3) is 4.94. The van der Waals surface area contributed by atoms with Crippen molar-refractivity contribution in [3.05, 3.63) is 0 Å². The third-order valence-electron chi connectivity index (χ3n) is 3.27. The first-order chi connectivity index (χ1) is 8.22. The fourth-order valence-corrected chi connectivity index (χ4v) is 2.64. The van der Waals surface area contributed by atoms with Crippen LogP contribution in [0.15, 0.2) is 0 Å². The minimum Gasteiger partial charge on any atom is -0.389 e. The van der Waals surface area contributed by atoms with E-state index in [4.69, 9.17) is 5.73 Å². The molecule has 4 heteroatoms. The van der Waals surface area contributed by atoms with Gasteiger partial charge >= 0.3 is 0 Å². The lowest BCUT2D eigenvalue weighted by Gasteiger charge is -2.36. The lowest BCUT2D eigenvalue weighted by atomic mass is 9.78. The molecule has 0 atom stereocenters. The van der Waals surface area contributed by atoms with Gasteiger partial charge in [0.15, 0.2) is 0 Å². The lowest BCUT2D eigenvalue weighted by molar-refractivity contribution is -0.144. The summed E-state index contributed by atoms with van der Waals surface area (Å²) >= 11 is 0. The van der Waals surface area contributed by atoms with E-state index in [1.165, 1.54) is 0 Å². The van der Waals surface area contributed by atoms with Crippen LogP contribution >= 0.6 is 0 Å². The van der Waals surface area contributed by atoms with E-state index in [1.807, 2.05) is 0 Å². The lowest BCUT2D eigenvalue weighted by Crippen LogP contribution is -2.50. The highest BCUT2D eigenvalue weighted by Gasteiger charge is 2.38. The van der Waals surface area contributed by atoms with E-state index in [2.05, 4.69) is 13.8 Å². The SMILES string of the molecule is CCCC(CN)(CCC)C(=O)N(C)CC(C)(C)O. The van der Waals surface area contributed by atoms with Crippen LogP contribution in [-0.2, 0) is 4.79 Å². The van der Waals surface area contributed by atoms with Crippen LogP contribution in [0.25, 0.3) is 0 Å². The van der Waals surface area contributed by atoms with Gasteiger partial charge in [-0.25, -0.2) is 0 Å². The second-order valence-electron chi connectivity index (χ2n) is 5.96. The largest absolute Gasteiger partial charge is 0.389 e. The maximum absolute atomic E-state index is 12.6. The van der Waals surface area contributed by atoms with Crippen molar-refractivity contribution < 1.29 is 9.90 Å². The van der Waals surface area contributed by atoms with Crippen molar-refractivity contribution in [1.29, 1.82) is 0 Å². The molecule has 0 rings (SSSR count). The van der Waals surface area contributed by atoms with Crippen LogP contribution in [0.2, 0.25) is 0 Å². The molecule has 0 aliphatic carbocycles. The molecular formula is C14H30N2O2. The topological polar surface area (TPSA) is 66.6 Å². The van der Waals surface area contributed by atoms with Crippen LogP contribution in [0.5, 0.6) is 0 Å². The van der Waals surface area contributed by atoms with E-state index in [9.17, 15) is 9.90 Å². The molecule has 0 heterocycles. The molecule has 1 amide bonds. The number of hydrogen-bond acceptors (Lipinski definition) is 3. The highest BCUT2D eigenvalue weighted by atomic mass is 16.3. The summed E-state index contributed by atoms with van der Waals surface area (Å²) in [6, 6.07) is 0. The Balaban J connectivity index is 4.94. The Kier molecular flexibility index (Phi) is 6.86. The van der Waals surface area contributed by atoms with Gasteiger partial charge in [-0.15, -0.1) is 0 Å². The van der Waals surface area contributed by atoms with Crippen LogP contribution in [-0.4, -0.2) is 41.7 Å². The zero-order chi connectivity index (χ0) is 14.4. The number of likely N-dealkylation sites (N-methyl/N-ethyl adjacent to an activating group) is 1. The average Bonchev–Trinajstić information content (AvgIpc) is 2.25. The predicted octanol–water partition coefficient (Wildman–Crippen LogP) is 1.76. The first kappa shape index (κ1) is 17.4. The quantitative estimate of drug-likeness (QED) is 0.697. The zero-order valence-corrected chi connectivity index (χ0v) is 12.6. The summed E-state index contributed by atoms with van der Waals surface area (Å²) in [6.07, 6.45) is 3.51. The number of aliphatic hydroxyl groups is 1. The van der Waals surface area contributed by atoms with Crippen molar-refractivity contribution in [3.63, 3.8) is 0 Å². The van der Waals surface area contributed by atoms with Crippen molar-refractivity contribution in [2.75, 3.05) is 20.1 Å². The Morgan fingerprint density at radius 3 is 1.94 bits per heavy atom. The number of nitrogens with zero attached hydrogens (tertiary/aromatic N) is 1. The van der Waals surface area contributed by atoms with Gasteiger partial charge in [-0.2, -0.15) is 0 Å². The van der Waals surface area contributed by atoms with Crippen molar-refractivity contribution >= 4 is 5.91 Å². The van der Waals surface area contributed by atoms with E-state index in [1.54, 1.807) is 25.8 Å². The number of hydrogen-bond donors (Lipinski definition) is 2. The molecule has 3 N–H and O–H groups in total. The highest BCUT2D eigenvalue weighted by Crippen LogP contribution is 2.31. The fraction of sp³-hybridized carbons (Fsp3) is 0.929. The maximum atomic E-state index is 12.6. The van der Waals surface area contributed by atoms with Crippen LogP contribution in [0, 0.1) is 5.41 Å². The Labute approximate surface area is 112 Å². The van der Waals surface area contributed by atoms with Crippen molar-refractivity contribution in [2.24, 2.45) is 11.1 Å². The smallest absolute Gasteiger partial charge is 0.229 e. The monoisotopic (exact) mass is 258 g/mol. The first-order valence-corrected chi connectivity index (χ1v) is 6.90. The van der Waals surface area contributed by atoms with E-state index in [0.29, 0.717) is 13.1 Å². The summed E-state index contributed by atoms with van der Waals surface area (Å²) in [5.41, 5.74) is 4.55. The fourth-order valence-electron chi connectivity index (χ4n) is 2.64. The molecule has 0 radical (unpaired) electrons. The van der Waals surface area contributed by atoms with Gasteiger partial charge in [0.05, 0.1) is 11.0 Å². The van der Waals surface area contributed by atoms with Gasteiger partial charge in [-0.1, -0.05) is 26.7 Å². The van der Waals surface area contributed by atoms with Crippen LogP contribution in [0.1, 0.15) is 53.4 Å². The predicted molar refractivity (Wildman–Crippen MR) is 75.2 cm³/mol. The average molecular weight is 258 g/mol. The van der Waals surface area contributed by atoms with Crippen molar-refractivity contribution in [3.8, 4) is 0 Å². The van der Waals surface area contributed by atoms with Crippen LogP contribution in [0.4, 0.5) is 0 Å². The molecule has 0 aromatic heterocycles. The number of carbonyl (C=O) groups excluding carboxylic acids is 1. The van der Waals surface area contributed by atoms with Gasteiger partial charge in [0.2, 0.25) is 5.91 Å². The van der Waals surface area contributed by atoms with Crippen molar-refractivity contribution in [2.45, 2.75) is 59.0 Å². The standard InChI is InChI=1S/C14H30N2O2/c1-6-8-14(10-15,9-7-2)12(17)16(5)11-13(3,4)18/h18H,6-11,15H2,1-5H3. The number of rotatable bonds is 8. The number of nitrogens with two attached hydrogens (primary N) is 1. The summed E-state index contributed by atoms with van der Waals surface area (Å²) in [4.78, 5) is 14.2. The summed E-state index contributed by atoms with van der Waals surface area (Å²) in [7, 11) is 1.75. The highest BCUT2D eigenvalue weighted by molar-refractivity contribution is 5.82. The second kappa shape index (κ2) is 7.10. The molecule has 0 aliphatic heterocycles. The van der Waals surface area contributed by atoms with E-state index in [-0.39, 0.29) is 5.91 Å². The molecule has 0 aliphatic rings. The summed E-state index contributed by atoms with van der Waals surface area (Å²) in [6.45, 7) is 8.28. The molecule has 4 nitrogen and oxygen atoms in total. The van der Waals surface area contributed by atoms with Crippen molar-refractivity contribution in [1.82, 2.24) is 4.90 Å². The summed E-state index contributed by atoms with van der Waals surface area (Å²) < 4.78 is 0. The number of amides is 1. The Morgan fingerprint density at radius 1 is 1.22 bits per heavy atom. The molecule has 0 aromatic carbocycles. The molecule has 0 saturated carbocycles. The van der Waals surface area contributed by atoms with Gasteiger partial charge in [0.25, 0.3) is 0 Å². The zero-order valence-electron chi connectivity index (χ0n) is 12.6. The van der Waals surface area contributed by atoms with Gasteiger partial charge in [-0.3, -0.25) is 4.79 Å². The molecule has 0 saturated heterocycles. The molecule has 0 unspecified atom stereocenters. The van der Waals surface area contributed by atoms with E-state index >= 15 is 0 Å². The second-order valence-corrected chi connectivity index (χ2v) is 5.96. The van der Waals surface area contributed by atoms with Gasteiger partial charge in [0.1, 0.15) is 0 Å². The molecular weight excluding hydrogens is 228 g/mol. The normalized spacial score (nSPS) is 12.6. The third-order valence-corrected chi connectivity index (χ3v) is 3.27. The van der Waals surface area contributed by atoms with Gasteiger partial charge in [-0.05, 0) is 26.7 Å². The molecule has 18 heavy (non-hydrogen) atoms. The number of carbonyl (C=O) groups is 1. The molecule has 0 aromatic rings. The maximum Gasteiger partial charge on any atom is 0.229 e. The summed E-state index contributed by atoms with van der Waals surface area (Å²) in [5, 5.41) is 9.81. The molecule has 108 valence electrons. The Morgan fingerprint density at radius 2 is 1.67 bits per heavy atom. The van der Waals surface area contributed by atoms with Gasteiger partial charge in [0, 0.05) is 20.1 Å². The van der Waals surface area contributed by atoms with Crippen LogP contribution in [0.3, 0.4) is 0 Å². The van der Waals surface area contributed by atoms with Gasteiger partial charge < -0.3 is 15.7 Å². The Bertz CT molecular complexity index is 253. The molecule has 0 spiro atoms. The summed E-state index contributed by atoms with van der Waals surface area (Å²) in [5.74, 6) is 0.0656.